The van der Waals surface area contributed by atoms with E-state index in [2.05, 4.69) is 14.9 Å². The van der Waals surface area contributed by atoms with Crippen molar-refractivity contribution in [1.82, 2.24) is 9.97 Å². The number of ether oxygens (including phenoxy) is 1. The Labute approximate surface area is 159 Å². The molecule has 4 rings (SSSR count). The van der Waals surface area contributed by atoms with Crippen molar-refractivity contribution in [2.24, 2.45) is 11.8 Å². The Kier molecular flexibility index (Phi) is 4.76. The molecule has 3 heterocycles. The van der Waals surface area contributed by atoms with Crippen LogP contribution in [0.25, 0.3) is 0 Å². The molecule has 0 unspecified atom stereocenters. The first-order valence-corrected chi connectivity index (χ1v) is 9.56. The van der Waals surface area contributed by atoms with Gasteiger partial charge in [0.05, 0.1) is 18.0 Å². The van der Waals surface area contributed by atoms with E-state index < -0.39 is 6.10 Å². The van der Waals surface area contributed by atoms with Crippen molar-refractivity contribution in [3.63, 3.8) is 0 Å². The third kappa shape index (κ3) is 3.63. The van der Waals surface area contributed by atoms with Gasteiger partial charge < -0.3 is 14.7 Å². The molecule has 0 aromatic carbocycles. The summed E-state index contributed by atoms with van der Waals surface area (Å²) in [5.41, 5.74) is 2.42. The number of hydrogen-bond donors (Lipinski definition) is 1. The number of anilines is 1. The van der Waals surface area contributed by atoms with Crippen LogP contribution in [0.2, 0.25) is 0 Å². The van der Waals surface area contributed by atoms with Crippen LogP contribution in [0.4, 0.5) is 10.2 Å². The van der Waals surface area contributed by atoms with Gasteiger partial charge in [-0.05, 0) is 69.2 Å². The highest BCUT2D eigenvalue weighted by molar-refractivity contribution is 5.42. The summed E-state index contributed by atoms with van der Waals surface area (Å²) in [6, 6.07) is 5.67. The lowest BCUT2D eigenvalue weighted by molar-refractivity contribution is -0.0236. The molecule has 1 saturated carbocycles. The van der Waals surface area contributed by atoms with Crippen molar-refractivity contribution in [2.45, 2.75) is 45.8 Å². The van der Waals surface area contributed by atoms with Crippen LogP contribution in [0.1, 0.15) is 29.8 Å². The molecule has 0 bridgehead atoms. The predicted molar refractivity (Wildman–Crippen MR) is 101 cm³/mol. The lowest BCUT2D eigenvalue weighted by atomic mass is 9.78. The van der Waals surface area contributed by atoms with E-state index in [4.69, 9.17) is 4.74 Å². The maximum atomic E-state index is 13.5. The van der Waals surface area contributed by atoms with E-state index in [1.165, 1.54) is 6.20 Å². The Morgan fingerprint density at radius 3 is 2.59 bits per heavy atom. The van der Waals surface area contributed by atoms with Gasteiger partial charge in [-0.3, -0.25) is 4.98 Å². The largest absolute Gasteiger partial charge is 0.486 e. The molecule has 2 aromatic rings. The van der Waals surface area contributed by atoms with E-state index in [0.29, 0.717) is 23.8 Å². The van der Waals surface area contributed by atoms with E-state index in [0.717, 1.165) is 42.5 Å². The van der Waals surface area contributed by atoms with Gasteiger partial charge >= 0.3 is 0 Å². The fourth-order valence-electron chi connectivity index (χ4n) is 4.36. The lowest BCUT2D eigenvalue weighted by Gasteiger charge is -2.35. The minimum atomic E-state index is -0.491. The van der Waals surface area contributed by atoms with Crippen molar-refractivity contribution in [1.29, 1.82) is 0 Å². The van der Waals surface area contributed by atoms with Gasteiger partial charge in [0.2, 0.25) is 0 Å². The number of aromatic nitrogens is 2. The molecular formula is C21H26FN3O2. The van der Waals surface area contributed by atoms with Gasteiger partial charge in [-0.25, -0.2) is 9.37 Å². The normalized spacial score (nSPS) is 27.5. The van der Waals surface area contributed by atoms with Crippen LogP contribution in [0.3, 0.4) is 0 Å². The summed E-state index contributed by atoms with van der Waals surface area (Å²) >= 11 is 0. The Hall–Kier alpha value is -2.21. The summed E-state index contributed by atoms with van der Waals surface area (Å²) in [6.07, 6.45) is 2.09. The number of halogens is 1. The van der Waals surface area contributed by atoms with Crippen LogP contribution in [-0.4, -0.2) is 40.4 Å². The van der Waals surface area contributed by atoms with Crippen molar-refractivity contribution in [3.05, 3.63) is 47.2 Å². The molecule has 1 N–H and O–H groups in total. The summed E-state index contributed by atoms with van der Waals surface area (Å²) in [5.74, 6) is 2.12. The fourth-order valence-corrected chi connectivity index (χ4v) is 4.36. The molecule has 4 atom stereocenters. The summed E-state index contributed by atoms with van der Waals surface area (Å²) < 4.78 is 19.7. The second-order valence-corrected chi connectivity index (χ2v) is 7.95. The zero-order valence-electron chi connectivity index (χ0n) is 16.0. The second-order valence-electron chi connectivity index (χ2n) is 7.95. The Morgan fingerprint density at radius 1 is 1.15 bits per heavy atom. The van der Waals surface area contributed by atoms with E-state index in [-0.39, 0.29) is 11.9 Å². The van der Waals surface area contributed by atoms with Gasteiger partial charge in [0.15, 0.2) is 0 Å². The van der Waals surface area contributed by atoms with E-state index in [1.807, 2.05) is 26.0 Å². The molecule has 0 radical (unpaired) electrons. The van der Waals surface area contributed by atoms with Gasteiger partial charge in [0.25, 0.3) is 0 Å². The average Bonchev–Trinajstić information content (AvgIpc) is 3.02. The van der Waals surface area contributed by atoms with Gasteiger partial charge in [-0.2, -0.15) is 0 Å². The number of pyridine rings is 2. The number of aliphatic hydroxyl groups excluding tert-OH is 1. The molecule has 1 saturated heterocycles. The molecule has 0 amide bonds. The standard InChI is InChI=1S/C21H26FN3O2/c1-12-6-21(23-9-17(12)22)25-10-15-7-18(26)20(8-16(15)11-25)27-19-5-4-13(2)24-14(19)3/h4-6,9,15-16,18,20,26H,7-8,10-11H2,1-3H3/t15-,16+,18+,20+/m0/s1. The molecule has 5 nitrogen and oxygen atoms in total. The van der Waals surface area contributed by atoms with Gasteiger partial charge in [-0.15, -0.1) is 0 Å². The molecule has 2 fully saturated rings. The smallest absolute Gasteiger partial charge is 0.144 e. The van der Waals surface area contributed by atoms with Gasteiger partial charge in [0, 0.05) is 18.8 Å². The van der Waals surface area contributed by atoms with Crippen LogP contribution >= 0.6 is 0 Å². The zero-order chi connectivity index (χ0) is 19.1. The first-order valence-electron chi connectivity index (χ1n) is 9.56. The minimum absolute atomic E-state index is 0.225. The van der Waals surface area contributed by atoms with Crippen molar-refractivity contribution < 1.29 is 14.2 Å². The van der Waals surface area contributed by atoms with Crippen LogP contribution in [0.15, 0.2) is 24.4 Å². The summed E-state index contributed by atoms with van der Waals surface area (Å²) in [5, 5.41) is 10.6. The zero-order valence-corrected chi connectivity index (χ0v) is 16.0. The number of aryl methyl sites for hydroxylation is 3. The third-order valence-corrected chi connectivity index (χ3v) is 5.90. The van der Waals surface area contributed by atoms with Crippen LogP contribution in [-0.2, 0) is 0 Å². The predicted octanol–water partition coefficient (Wildman–Crippen LogP) is 3.20. The number of hydrogen-bond acceptors (Lipinski definition) is 5. The van der Waals surface area contributed by atoms with Gasteiger partial charge in [0.1, 0.15) is 23.5 Å². The minimum Gasteiger partial charge on any atom is -0.486 e. The first-order chi connectivity index (χ1) is 12.9. The van der Waals surface area contributed by atoms with Crippen molar-refractivity contribution >= 4 is 5.82 Å². The molecular weight excluding hydrogens is 345 g/mol. The second kappa shape index (κ2) is 7.08. The highest BCUT2D eigenvalue weighted by atomic mass is 19.1. The monoisotopic (exact) mass is 371 g/mol. The SMILES string of the molecule is Cc1ccc(O[C@@H]2C[C@@H]3CN(c4cc(C)c(F)cn4)C[C@@H]3C[C@H]2O)c(C)n1. The van der Waals surface area contributed by atoms with Crippen LogP contribution in [0, 0.1) is 38.4 Å². The van der Waals surface area contributed by atoms with E-state index in [9.17, 15) is 9.50 Å². The molecule has 27 heavy (non-hydrogen) atoms. The molecule has 2 aliphatic rings. The third-order valence-electron chi connectivity index (χ3n) is 5.90. The Morgan fingerprint density at radius 2 is 1.89 bits per heavy atom. The molecule has 144 valence electrons. The molecule has 0 spiro atoms. The highest BCUT2D eigenvalue weighted by Gasteiger charge is 2.43. The number of aliphatic hydroxyl groups is 1. The highest BCUT2D eigenvalue weighted by Crippen LogP contribution is 2.39. The van der Waals surface area contributed by atoms with Crippen molar-refractivity contribution in [3.8, 4) is 5.75 Å². The number of nitrogens with zero attached hydrogens (tertiary/aromatic N) is 3. The summed E-state index contributed by atoms with van der Waals surface area (Å²) in [7, 11) is 0. The molecule has 6 heteroatoms. The quantitative estimate of drug-likeness (QED) is 0.898. The van der Waals surface area contributed by atoms with Crippen molar-refractivity contribution in [2.75, 3.05) is 18.0 Å². The van der Waals surface area contributed by atoms with Crippen LogP contribution in [0.5, 0.6) is 5.75 Å². The van der Waals surface area contributed by atoms with Gasteiger partial charge in [-0.1, -0.05) is 0 Å². The maximum absolute atomic E-state index is 13.5. The number of fused-ring (bicyclic) bond motifs is 1. The number of rotatable bonds is 3. The molecule has 2 aromatic heterocycles. The van der Waals surface area contributed by atoms with E-state index in [1.54, 1.807) is 13.0 Å². The molecule has 1 aliphatic heterocycles. The molecule has 1 aliphatic carbocycles. The Bertz CT molecular complexity index is 844. The maximum Gasteiger partial charge on any atom is 0.144 e. The fraction of sp³-hybridized carbons (Fsp3) is 0.524. The Balaban J connectivity index is 1.46. The average molecular weight is 371 g/mol. The van der Waals surface area contributed by atoms with E-state index >= 15 is 0 Å². The lowest BCUT2D eigenvalue weighted by Crippen LogP contribution is -2.42. The van der Waals surface area contributed by atoms with Crippen LogP contribution < -0.4 is 9.64 Å². The first kappa shape index (κ1) is 18.2. The summed E-state index contributed by atoms with van der Waals surface area (Å²) in [6.45, 7) is 7.35. The topological polar surface area (TPSA) is 58.5 Å². The summed E-state index contributed by atoms with van der Waals surface area (Å²) in [4.78, 5) is 10.9.